The molecular weight excluding hydrogens is 852 g/mol. The number of pyridine rings is 1. The second kappa shape index (κ2) is 20.8. The Morgan fingerprint density at radius 2 is 1.83 bits per heavy atom. The van der Waals surface area contributed by atoms with Crippen LogP contribution in [0.2, 0.25) is 0 Å². The van der Waals surface area contributed by atoms with E-state index in [0.29, 0.717) is 28.7 Å². The number of aromatic nitrogens is 2. The topological polar surface area (TPSA) is 227 Å². The molecule has 2 aromatic heterocycles. The second-order valence-electron chi connectivity index (χ2n) is 18.6. The monoisotopic (exact) mass is 918 g/mol. The summed E-state index contributed by atoms with van der Waals surface area (Å²) in [6.45, 7) is 15.1. The molecule has 5 heterocycles. The highest BCUT2D eigenvalue weighted by Gasteiger charge is 2.56. The SMILES string of the molecule is CC[C@H]1OC(=O)[C@@](C)(F)C(=O)[C@H](C)[C@@H](O[C@@H]2O[C@H](C)C[C@H](N(C)C)[C@H]2O)[C@@]2(C)C[C@@H](C)C(=NC(=O)C(C)C)[C@H](C)[C@H](OC/C(=N\OCc3ccc(-c4nc(N)cs4)cn3)CO2)[C@]1(C)O. The van der Waals surface area contributed by atoms with Gasteiger partial charge in [0.2, 0.25) is 5.91 Å². The van der Waals surface area contributed by atoms with Crippen molar-refractivity contribution in [1.82, 2.24) is 14.9 Å². The molecule has 2 bridgehead atoms. The summed E-state index contributed by atoms with van der Waals surface area (Å²) in [4.78, 5) is 63.1. The Kier molecular flexibility index (Phi) is 16.6. The molecule has 3 fully saturated rings. The van der Waals surface area contributed by atoms with Gasteiger partial charge in [-0.05, 0) is 79.1 Å². The molecule has 0 aromatic carbocycles. The largest absolute Gasteiger partial charge is 0.457 e. The number of fused-ring (bicyclic) bond motifs is 5. The predicted molar refractivity (Wildman–Crippen MR) is 238 cm³/mol. The fraction of sp³-hybridized carbons (Fsp3) is 0.711. The number of esters is 1. The first-order valence-corrected chi connectivity index (χ1v) is 22.8. The lowest BCUT2D eigenvalue weighted by molar-refractivity contribution is -0.296. The van der Waals surface area contributed by atoms with Gasteiger partial charge in [0.05, 0.1) is 42.8 Å². The molecule has 64 heavy (non-hydrogen) atoms. The van der Waals surface area contributed by atoms with Crippen molar-refractivity contribution < 1.29 is 57.5 Å². The van der Waals surface area contributed by atoms with Gasteiger partial charge in [0.25, 0.3) is 5.67 Å². The maximum absolute atomic E-state index is 17.0. The summed E-state index contributed by atoms with van der Waals surface area (Å²) < 4.78 is 49.0. The van der Waals surface area contributed by atoms with E-state index in [4.69, 9.17) is 34.3 Å². The highest BCUT2D eigenvalue weighted by atomic mass is 32.1. The van der Waals surface area contributed by atoms with Crippen molar-refractivity contribution in [2.24, 2.45) is 33.8 Å². The van der Waals surface area contributed by atoms with Crippen LogP contribution >= 0.6 is 11.3 Å². The number of aliphatic imine (C=N–C) groups is 1. The fourth-order valence-corrected chi connectivity index (χ4v) is 9.63. The average molecular weight is 919 g/mol. The molecule has 3 aliphatic heterocycles. The number of cyclic esters (lactones) is 1. The van der Waals surface area contributed by atoms with Gasteiger partial charge in [-0.3, -0.25) is 14.6 Å². The summed E-state index contributed by atoms with van der Waals surface area (Å²) in [5.74, 6) is -6.15. The number of amides is 1. The summed E-state index contributed by atoms with van der Waals surface area (Å²) in [6.07, 6.45) is -4.93. The zero-order chi connectivity index (χ0) is 47.5. The summed E-state index contributed by atoms with van der Waals surface area (Å²) >= 11 is 1.39. The number of ether oxygens (including phenoxy) is 5. The van der Waals surface area contributed by atoms with Crippen LogP contribution < -0.4 is 5.73 Å². The van der Waals surface area contributed by atoms with E-state index in [1.165, 1.54) is 25.2 Å². The van der Waals surface area contributed by atoms with Crippen LogP contribution in [0.15, 0.2) is 33.9 Å². The minimum absolute atomic E-state index is 0.00597. The van der Waals surface area contributed by atoms with E-state index in [2.05, 4.69) is 20.1 Å². The standard InChI is InChI=1S/C45H67FN6O11S/c1-13-32-45(10,57)38-26(6)34(50-39(55)23(2)3)24(4)17-43(8,59-20-30(19-58-38)51-60-21-29-15-14-28(18-48-29)40-49-33(47)22-64-40)37(27(7)36(54)44(9,46)42(56)62-32)63-41-35(53)31(52(11)12)16-25(5)61-41/h14-15,18,22-27,31-32,35,37-38,41,53,57H,13,16-17,19-21,47H2,1-12H3/b50-34?,51-30+/t24-,25-,26+,27+,31+,32-,35-,37-,38+,41+,43-,44+,45-/m1/s1. The first-order valence-electron chi connectivity index (χ1n) is 21.9. The third-order valence-electron chi connectivity index (χ3n) is 12.6. The number of carbonyl (C=O) groups is 3. The first kappa shape index (κ1) is 51.2. The number of oxime groups is 1. The van der Waals surface area contributed by atoms with E-state index in [0.717, 1.165) is 12.5 Å². The lowest BCUT2D eigenvalue weighted by Crippen LogP contribution is -2.61. The molecule has 0 unspecified atom stereocenters. The summed E-state index contributed by atoms with van der Waals surface area (Å²) in [7, 11) is 3.63. The molecule has 17 nitrogen and oxygen atoms in total. The van der Waals surface area contributed by atoms with Crippen molar-refractivity contribution in [2.45, 2.75) is 155 Å². The molecule has 356 valence electrons. The first-order chi connectivity index (χ1) is 29.9. The predicted octanol–water partition coefficient (Wildman–Crippen LogP) is 4.95. The smallest absolute Gasteiger partial charge is 0.351 e. The number of halogens is 1. The van der Waals surface area contributed by atoms with Gasteiger partial charge in [-0.1, -0.05) is 46.7 Å². The van der Waals surface area contributed by atoms with Crippen LogP contribution in [-0.2, 0) is 49.5 Å². The Hall–Kier alpha value is -3.82. The van der Waals surface area contributed by atoms with Crippen molar-refractivity contribution in [3.05, 3.63) is 29.4 Å². The van der Waals surface area contributed by atoms with Gasteiger partial charge < -0.3 is 49.4 Å². The molecule has 0 saturated carbocycles. The Labute approximate surface area is 379 Å². The van der Waals surface area contributed by atoms with Crippen LogP contribution in [0.5, 0.6) is 0 Å². The zero-order valence-corrected chi connectivity index (χ0v) is 39.9. The van der Waals surface area contributed by atoms with Crippen molar-refractivity contribution >= 4 is 46.2 Å². The number of aliphatic hydroxyl groups excluding tert-OH is 1. The molecule has 2 aromatic rings. The third kappa shape index (κ3) is 11.4. The summed E-state index contributed by atoms with van der Waals surface area (Å²) in [5, 5.41) is 31.1. The van der Waals surface area contributed by atoms with E-state index in [1.54, 1.807) is 52.3 Å². The van der Waals surface area contributed by atoms with Gasteiger partial charge in [0.15, 0.2) is 18.7 Å². The molecule has 5 rings (SSSR count). The lowest BCUT2D eigenvalue weighted by atomic mass is 9.73. The number of ketones is 1. The van der Waals surface area contributed by atoms with Crippen LogP contribution in [0.4, 0.5) is 10.2 Å². The zero-order valence-electron chi connectivity index (χ0n) is 39.1. The van der Waals surface area contributed by atoms with Crippen LogP contribution in [0, 0.1) is 23.7 Å². The summed E-state index contributed by atoms with van der Waals surface area (Å²) in [6, 6.07) is 3.19. The van der Waals surface area contributed by atoms with Gasteiger partial charge in [-0.15, -0.1) is 11.3 Å². The number of carbonyl (C=O) groups excluding carboxylic acids is 3. The van der Waals surface area contributed by atoms with E-state index in [1.807, 2.05) is 38.9 Å². The van der Waals surface area contributed by atoms with Crippen LogP contribution in [0.25, 0.3) is 10.6 Å². The van der Waals surface area contributed by atoms with Crippen LogP contribution in [-0.4, -0.2) is 141 Å². The van der Waals surface area contributed by atoms with E-state index < -0.39 is 101 Å². The van der Waals surface area contributed by atoms with Gasteiger partial charge >= 0.3 is 5.97 Å². The number of alkyl halides is 1. The number of thiazole rings is 1. The maximum Gasteiger partial charge on any atom is 0.351 e. The van der Waals surface area contributed by atoms with Gasteiger partial charge in [-0.25, -0.2) is 19.2 Å². The van der Waals surface area contributed by atoms with E-state index in [-0.39, 0.29) is 38.4 Å². The van der Waals surface area contributed by atoms with E-state index in [9.17, 15) is 24.6 Å². The number of aliphatic hydroxyl groups is 2. The molecule has 0 aliphatic carbocycles. The number of anilines is 1. The number of nitrogens with zero attached hydrogens (tertiary/aromatic N) is 5. The van der Waals surface area contributed by atoms with Gasteiger partial charge in [-0.2, -0.15) is 0 Å². The number of likely N-dealkylation sites (N-methyl/N-ethyl adjacent to an activating group) is 1. The number of hydrogen-bond donors (Lipinski definition) is 3. The quantitative estimate of drug-likeness (QED) is 0.172. The molecule has 1 amide bonds. The van der Waals surface area contributed by atoms with Gasteiger partial charge in [0.1, 0.15) is 34.3 Å². The van der Waals surface area contributed by atoms with E-state index >= 15 is 4.39 Å². The fourth-order valence-electron chi connectivity index (χ4n) is 8.93. The van der Waals surface area contributed by atoms with Crippen LogP contribution in [0.3, 0.4) is 0 Å². The minimum Gasteiger partial charge on any atom is -0.457 e. The molecule has 3 aliphatic rings. The van der Waals surface area contributed by atoms with Gasteiger partial charge in [0, 0.05) is 46.6 Å². The number of nitrogens with two attached hydrogens (primary N) is 1. The number of rotatable bonds is 9. The molecule has 3 saturated heterocycles. The molecule has 13 atom stereocenters. The molecule has 0 spiro atoms. The number of hydrogen-bond acceptors (Lipinski definition) is 17. The Morgan fingerprint density at radius 3 is 2.42 bits per heavy atom. The molecular formula is C45H67FN6O11S. The Bertz CT molecular complexity index is 2010. The molecule has 4 N–H and O–H groups in total. The number of Topliss-reactive ketones (excluding diaryl/α,β-unsaturated/α-hetero) is 1. The van der Waals surface area contributed by atoms with Crippen molar-refractivity contribution in [2.75, 3.05) is 33.0 Å². The average Bonchev–Trinajstić information content (AvgIpc) is 3.67. The summed E-state index contributed by atoms with van der Waals surface area (Å²) in [5.41, 5.74) is 0.761. The van der Waals surface area contributed by atoms with Crippen LogP contribution in [0.1, 0.15) is 94.2 Å². The number of nitrogen functional groups attached to an aromatic ring is 1. The Morgan fingerprint density at radius 1 is 1.12 bits per heavy atom. The van der Waals surface area contributed by atoms with Crippen molar-refractivity contribution in [3.8, 4) is 10.6 Å². The third-order valence-corrected chi connectivity index (χ3v) is 13.5. The molecule has 19 heteroatoms. The highest BCUT2D eigenvalue weighted by Crippen LogP contribution is 2.41. The maximum atomic E-state index is 17.0. The minimum atomic E-state index is -3.23. The second-order valence-corrected chi connectivity index (χ2v) is 19.5. The molecule has 0 radical (unpaired) electrons. The Balaban J connectivity index is 1.67. The van der Waals surface area contributed by atoms with Crippen molar-refractivity contribution in [1.29, 1.82) is 0 Å². The lowest BCUT2D eigenvalue weighted by Gasteiger charge is -2.47. The highest BCUT2D eigenvalue weighted by molar-refractivity contribution is 7.13. The van der Waals surface area contributed by atoms with Crippen molar-refractivity contribution in [3.63, 3.8) is 0 Å². The normalized spacial score (nSPS) is 37.3.